The van der Waals surface area contributed by atoms with Crippen LogP contribution in [-0.2, 0) is 21.9 Å². The number of phosphoric acid groups is 1. The van der Waals surface area contributed by atoms with Crippen LogP contribution in [0.3, 0.4) is 0 Å². The summed E-state index contributed by atoms with van der Waals surface area (Å²) in [5.74, 6) is 0.845. The average molecular weight is 421 g/mol. The highest BCUT2D eigenvalue weighted by Gasteiger charge is 2.24. The maximum atomic E-state index is 10.8. The van der Waals surface area contributed by atoms with Crippen LogP contribution in [-0.4, -0.2) is 28.5 Å². The molecule has 0 aliphatic carbocycles. The van der Waals surface area contributed by atoms with Crippen LogP contribution < -0.4 is 10.5 Å². The van der Waals surface area contributed by atoms with E-state index in [4.69, 9.17) is 20.3 Å². The van der Waals surface area contributed by atoms with Gasteiger partial charge in [-0.1, -0.05) is 42.5 Å². The molecule has 4 N–H and O–H groups in total. The van der Waals surface area contributed by atoms with Crippen LogP contribution in [0.1, 0.15) is 43.7 Å². The highest BCUT2D eigenvalue weighted by Crippen LogP contribution is 2.36. The Morgan fingerprint density at radius 3 is 2.24 bits per heavy atom. The first kappa shape index (κ1) is 23.6. The molecule has 0 spiro atoms. The summed E-state index contributed by atoms with van der Waals surface area (Å²) in [5, 5.41) is 0. The van der Waals surface area contributed by atoms with Crippen LogP contribution in [0.5, 0.6) is 5.75 Å². The van der Waals surface area contributed by atoms with Crippen molar-refractivity contribution in [3.8, 4) is 5.75 Å². The number of ether oxygens (including phenoxy) is 1. The van der Waals surface area contributed by atoms with E-state index in [9.17, 15) is 4.57 Å². The zero-order valence-electron chi connectivity index (χ0n) is 17.0. The molecule has 29 heavy (non-hydrogen) atoms. The maximum absolute atomic E-state index is 10.8. The van der Waals surface area contributed by atoms with Gasteiger partial charge in [0.15, 0.2) is 0 Å². The fourth-order valence-electron chi connectivity index (χ4n) is 2.93. The fraction of sp³-hybridized carbons (Fsp3) is 0.455. The van der Waals surface area contributed by atoms with Gasteiger partial charge in [0.05, 0.1) is 13.2 Å². The van der Waals surface area contributed by atoms with Crippen LogP contribution >= 0.6 is 7.82 Å². The molecule has 0 heterocycles. The van der Waals surface area contributed by atoms with E-state index in [1.807, 2.05) is 30.3 Å². The van der Waals surface area contributed by atoms with E-state index in [2.05, 4.69) is 28.8 Å². The summed E-state index contributed by atoms with van der Waals surface area (Å²) >= 11 is 0. The van der Waals surface area contributed by atoms with E-state index in [0.717, 1.165) is 37.0 Å². The molecule has 0 bridgehead atoms. The Balaban J connectivity index is 1.62. The van der Waals surface area contributed by atoms with Gasteiger partial charge in [0, 0.05) is 5.54 Å². The van der Waals surface area contributed by atoms with Gasteiger partial charge in [-0.3, -0.25) is 4.52 Å². The third-order valence-electron chi connectivity index (χ3n) is 4.69. The molecule has 160 valence electrons. The largest absolute Gasteiger partial charge is 0.494 e. The van der Waals surface area contributed by atoms with Gasteiger partial charge in [0.2, 0.25) is 0 Å². The summed E-state index contributed by atoms with van der Waals surface area (Å²) in [5.41, 5.74) is 7.71. The third-order valence-corrected chi connectivity index (χ3v) is 5.16. The van der Waals surface area contributed by atoms with Gasteiger partial charge in [-0.05, 0) is 68.7 Å². The third kappa shape index (κ3) is 10.6. The van der Waals surface area contributed by atoms with E-state index in [1.165, 1.54) is 5.56 Å². The molecule has 7 heteroatoms. The molecular weight excluding hydrogens is 389 g/mol. The van der Waals surface area contributed by atoms with Crippen molar-refractivity contribution in [2.45, 2.75) is 51.0 Å². The van der Waals surface area contributed by atoms with E-state index < -0.39 is 13.4 Å². The van der Waals surface area contributed by atoms with E-state index in [-0.39, 0.29) is 6.61 Å². The molecular formula is C22H32NO5P. The molecule has 2 aromatic carbocycles. The van der Waals surface area contributed by atoms with Crippen molar-refractivity contribution in [2.75, 3.05) is 13.2 Å². The second kappa shape index (κ2) is 11.5. The molecule has 1 atom stereocenters. The standard InChI is InChI=1S/C22H32NO5P/c1-22(23,18-28-29(24,25)26)16-15-20-11-13-21(14-12-20)27-17-7-3-6-10-19-8-4-2-5-9-19/h2,4-5,8-9,11-14H,3,6-7,10,15-18,23H2,1H3,(H2,24,25,26)/t22-/m1/s1. The maximum Gasteiger partial charge on any atom is 0.469 e. The minimum atomic E-state index is -4.49. The number of aryl methyl sites for hydroxylation is 2. The van der Waals surface area contributed by atoms with Crippen LogP contribution in [0.25, 0.3) is 0 Å². The first-order valence-corrected chi connectivity index (χ1v) is 11.5. The van der Waals surface area contributed by atoms with Gasteiger partial charge in [-0.2, -0.15) is 0 Å². The molecule has 0 aliphatic heterocycles. The molecule has 0 amide bonds. The first-order valence-electron chi connectivity index (χ1n) is 9.98. The van der Waals surface area contributed by atoms with Crippen molar-refractivity contribution in [2.24, 2.45) is 5.73 Å². The quantitative estimate of drug-likeness (QED) is 0.330. The van der Waals surface area contributed by atoms with Gasteiger partial charge < -0.3 is 20.3 Å². The second-order valence-electron chi connectivity index (χ2n) is 7.71. The summed E-state index contributed by atoms with van der Waals surface area (Å²) in [6, 6.07) is 18.4. The smallest absolute Gasteiger partial charge is 0.469 e. The highest BCUT2D eigenvalue weighted by molar-refractivity contribution is 7.46. The minimum absolute atomic E-state index is 0.192. The Bertz CT molecular complexity index is 759. The lowest BCUT2D eigenvalue weighted by Gasteiger charge is -2.24. The van der Waals surface area contributed by atoms with E-state index in [0.29, 0.717) is 19.4 Å². The van der Waals surface area contributed by atoms with Crippen molar-refractivity contribution >= 4 is 7.82 Å². The summed E-state index contributed by atoms with van der Waals surface area (Å²) in [6.45, 7) is 2.23. The average Bonchev–Trinajstić information content (AvgIpc) is 2.69. The van der Waals surface area contributed by atoms with Gasteiger partial charge in [-0.15, -0.1) is 0 Å². The zero-order chi connectivity index (χ0) is 21.2. The summed E-state index contributed by atoms with van der Waals surface area (Å²) < 4.78 is 21.1. The number of benzene rings is 2. The Hall–Kier alpha value is -1.69. The van der Waals surface area contributed by atoms with E-state index >= 15 is 0 Å². The molecule has 2 aromatic rings. The Labute approximate surface area is 173 Å². The lowest BCUT2D eigenvalue weighted by Crippen LogP contribution is -2.41. The van der Waals surface area contributed by atoms with E-state index in [1.54, 1.807) is 6.92 Å². The first-order chi connectivity index (χ1) is 13.7. The Kier molecular flexibility index (Phi) is 9.34. The number of rotatable bonds is 13. The number of phosphoric ester groups is 1. The monoisotopic (exact) mass is 421 g/mol. The molecule has 2 rings (SSSR count). The lowest BCUT2D eigenvalue weighted by atomic mass is 9.95. The van der Waals surface area contributed by atoms with Crippen molar-refractivity contribution in [3.63, 3.8) is 0 Å². The molecule has 6 nitrogen and oxygen atoms in total. The minimum Gasteiger partial charge on any atom is -0.494 e. The van der Waals surface area contributed by atoms with Crippen LogP contribution in [0.15, 0.2) is 54.6 Å². The Morgan fingerprint density at radius 1 is 0.931 bits per heavy atom. The SMILES string of the molecule is C[C@@](N)(CCc1ccc(OCCCCCc2ccccc2)cc1)COP(=O)(O)O. The van der Waals surface area contributed by atoms with Crippen LogP contribution in [0.2, 0.25) is 0 Å². The predicted octanol–water partition coefficient (Wildman–Crippen LogP) is 4.24. The normalized spacial score (nSPS) is 13.8. The van der Waals surface area contributed by atoms with Gasteiger partial charge in [0.1, 0.15) is 5.75 Å². The fourth-order valence-corrected chi connectivity index (χ4v) is 3.39. The number of hydrogen-bond acceptors (Lipinski definition) is 4. The van der Waals surface area contributed by atoms with Crippen LogP contribution in [0, 0.1) is 0 Å². The lowest BCUT2D eigenvalue weighted by molar-refractivity contribution is 0.154. The Morgan fingerprint density at radius 2 is 1.59 bits per heavy atom. The molecule has 0 radical (unpaired) electrons. The summed E-state index contributed by atoms with van der Waals surface area (Å²) in [4.78, 5) is 17.6. The van der Waals surface area contributed by atoms with Gasteiger partial charge >= 0.3 is 7.82 Å². The predicted molar refractivity (Wildman–Crippen MR) is 115 cm³/mol. The highest BCUT2D eigenvalue weighted by atomic mass is 31.2. The number of hydrogen-bond donors (Lipinski definition) is 3. The molecule has 0 aliphatic rings. The van der Waals surface area contributed by atoms with Crippen molar-refractivity contribution < 1.29 is 23.6 Å². The number of nitrogens with two attached hydrogens (primary N) is 1. The second-order valence-corrected chi connectivity index (χ2v) is 8.95. The van der Waals surface area contributed by atoms with Crippen molar-refractivity contribution in [1.82, 2.24) is 0 Å². The molecule has 0 aromatic heterocycles. The molecule has 0 saturated carbocycles. The summed E-state index contributed by atoms with van der Waals surface area (Å²) in [7, 11) is -4.49. The van der Waals surface area contributed by atoms with Gasteiger partial charge in [-0.25, -0.2) is 4.57 Å². The van der Waals surface area contributed by atoms with Crippen molar-refractivity contribution in [1.29, 1.82) is 0 Å². The van der Waals surface area contributed by atoms with Crippen molar-refractivity contribution in [3.05, 3.63) is 65.7 Å². The topological polar surface area (TPSA) is 102 Å². The summed E-state index contributed by atoms with van der Waals surface area (Å²) in [6.07, 6.45) is 5.68. The number of unbranched alkanes of at least 4 members (excludes halogenated alkanes) is 2. The van der Waals surface area contributed by atoms with Gasteiger partial charge in [0.25, 0.3) is 0 Å². The molecule has 0 unspecified atom stereocenters. The van der Waals surface area contributed by atoms with Crippen LogP contribution in [0.4, 0.5) is 0 Å². The molecule has 0 fully saturated rings. The molecule has 0 saturated heterocycles. The zero-order valence-corrected chi connectivity index (χ0v) is 17.9.